The van der Waals surface area contributed by atoms with Gasteiger partial charge < -0.3 is 0 Å². The molecular weight excluding hydrogens is 417 g/mol. The van der Waals surface area contributed by atoms with Crippen LogP contribution in [0, 0.1) is 17.8 Å². The Kier molecular flexibility index (Phi) is 18.9. The number of rotatable bonds is 19. The summed E-state index contributed by atoms with van der Waals surface area (Å²) in [4.78, 5) is 0. The first kappa shape index (κ1) is 29.4. The lowest BCUT2D eigenvalue weighted by atomic mass is 10.1. The zero-order valence-electron chi connectivity index (χ0n) is 20.4. The Bertz CT molecular complexity index is 347. The molecule has 0 aromatic rings. The highest BCUT2D eigenvalue weighted by Gasteiger charge is 2.29. The largest absolute Gasteiger partial charge is 0.0941 e. The first-order chi connectivity index (χ1) is 13.3. The van der Waals surface area contributed by atoms with Crippen LogP contribution in [0.5, 0.6) is 0 Å². The quantitative estimate of drug-likeness (QED) is 0.173. The molecule has 0 aliphatic heterocycles. The highest BCUT2D eigenvalue weighted by molar-refractivity contribution is 9.48. The lowest BCUT2D eigenvalue weighted by Crippen LogP contribution is -2.07. The van der Waals surface area contributed by atoms with E-state index in [-0.39, 0.29) is 0 Å². The minimum absolute atomic E-state index is 0.689. The molecule has 0 aromatic heterocycles. The Balaban J connectivity index is 5.15. The van der Waals surface area contributed by atoms with Crippen LogP contribution >= 0.6 is 39.5 Å². The van der Waals surface area contributed by atoms with Crippen molar-refractivity contribution in [3.63, 3.8) is 0 Å². The van der Waals surface area contributed by atoms with E-state index in [1.54, 1.807) is 0 Å². The van der Waals surface area contributed by atoms with Crippen molar-refractivity contribution in [1.82, 2.24) is 0 Å². The molecule has 0 aromatic carbocycles. The van der Waals surface area contributed by atoms with Crippen molar-refractivity contribution >= 4 is 39.5 Å². The molecule has 0 fully saturated rings. The molecule has 0 saturated carbocycles. The lowest BCUT2D eigenvalue weighted by Gasteiger charge is -2.40. The molecule has 28 heavy (non-hydrogen) atoms. The van der Waals surface area contributed by atoms with Crippen LogP contribution in [0.25, 0.3) is 0 Å². The minimum atomic E-state index is -0.689. The lowest BCUT2D eigenvalue weighted by molar-refractivity contribution is 0.549. The van der Waals surface area contributed by atoms with E-state index in [0.29, 0.717) is 0 Å². The third-order valence-corrected chi connectivity index (χ3v) is 20.1. The molecule has 0 amide bonds. The molecule has 172 valence electrons. The normalized spacial score (nSPS) is 18.6. The summed E-state index contributed by atoms with van der Waals surface area (Å²) in [6.07, 6.45) is 12.4. The molecule has 4 unspecified atom stereocenters. The van der Waals surface area contributed by atoms with E-state index in [4.69, 9.17) is 0 Å². The molecule has 0 nitrogen and oxygen atoms in total. The van der Waals surface area contributed by atoms with Gasteiger partial charge in [0, 0.05) is 22.5 Å². The van der Waals surface area contributed by atoms with Crippen molar-refractivity contribution in [3.8, 4) is 0 Å². The maximum Gasteiger partial charge on any atom is 0.0123 e. The van der Waals surface area contributed by atoms with Crippen molar-refractivity contribution in [2.24, 2.45) is 17.8 Å². The number of unbranched alkanes of at least 4 members (excludes halogenated alkanes) is 1. The number of hydrogen-bond donors (Lipinski definition) is 0. The Morgan fingerprint density at radius 2 is 1.43 bits per heavy atom. The van der Waals surface area contributed by atoms with Crippen molar-refractivity contribution < 1.29 is 0 Å². The predicted octanol–water partition coefficient (Wildman–Crippen LogP) is 10.6. The molecule has 0 aliphatic carbocycles. The van der Waals surface area contributed by atoms with Gasteiger partial charge in [0.15, 0.2) is 0 Å². The van der Waals surface area contributed by atoms with Crippen LogP contribution < -0.4 is 0 Å². The minimum Gasteiger partial charge on any atom is -0.0941 e. The van der Waals surface area contributed by atoms with E-state index in [1.165, 1.54) is 75.0 Å². The van der Waals surface area contributed by atoms with E-state index < -0.39 is 7.12 Å². The summed E-state index contributed by atoms with van der Waals surface area (Å²) in [5.41, 5.74) is 0. The predicted molar refractivity (Wildman–Crippen MR) is 146 cm³/mol. The smallest absolute Gasteiger partial charge is 0.0123 e. The van der Waals surface area contributed by atoms with E-state index in [0.717, 1.165) is 23.0 Å². The van der Waals surface area contributed by atoms with Gasteiger partial charge in [0.25, 0.3) is 0 Å². The third-order valence-electron chi connectivity index (χ3n) is 5.33. The molecule has 4 heteroatoms. The van der Waals surface area contributed by atoms with Crippen LogP contribution in [-0.2, 0) is 0 Å². The fourth-order valence-electron chi connectivity index (χ4n) is 3.09. The highest BCUT2D eigenvalue weighted by Crippen LogP contribution is 2.80. The molecule has 4 atom stereocenters. The number of hydrogen-bond acceptors (Lipinski definition) is 3. The molecular formula is C24H52S4. The van der Waals surface area contributed by atoms with Gasteiger partial charge in [0.1, 0.15) is 0 Å². The van der Waals surface area contributed by atoms with E-state index in [1.807, 2.05) is 0 Å². The van der Waals surface area contributed by atoms with Gasteiger partial charge in [-0.1, -0.05) is 133 Å². The second-order valence-corrected chi connectivity index (χ2v) is 21.9. The fourth-order valence-corrected chi connectivity index (χ4v) is 19.2. The molecule has 0 aliphatic rings. The van der Waals surface area contributed by atoms with Crippen LogP contribution in [0.4, 0.5) is 0 Å². The molecule has 0 rings (SSSR count). The maximum absolute atomic E-state index is 2.51. The van der Waals surface area contributed by atoms with Gasteiger partial charge in [-0.25, -0.2) is 0 Å². The summed E-state index contributed by atoms with van der Waals surface area (Å²) in [5, 5.41) is 0.819. The topological polar surface area (TPSA) is 0 Å². The third kappa shape index (κ3) is 15.2. The van der Waals surface area contributed by atoms with E-state index >= 15 is 0 Å². The van der Waals surface area contributed by atoms with Crippen LogP contribution in [0.3, 0.4) is 0 Å². The van der Waals surface area contributed by atoms with Gasteiger partial charge in [-0.3, -0.25) is 0 Å². The Morgan fingerprint density at radius 1 is 0.714 bits per heavy atom. The molecule has 0 spiro atoms. The second kappa shape index (κ2) is 18.0. The Labute approximate surface area is 192 Å². The maximum atomic E-state index is 2.51. The van der Waals surface area contributed by atoms with E-state index in [9.17, 15) is 0 Å². The zero-order chi connectivity index (χ0) is 21.4. The van der Waals surface area contributed by atoms with Gasteiger partial charge >= 0.3 is 0 Å². The molecule has 0 heterocycles. The summed E-state index contributed by atoms with van der Waals surface area (Å²) in [7, 11) is 6.52. The molecule has 0 bridgehead atoms. The van der Waals surface area contributed by atoms with Crippen LogP contribution in [0.15, 0.2) is 0 Å². The van der Waals surface area contributed by atoms with Gasteiger partial charge in [-0.2, -0.15) is 0 Å². The van der Waals surface area contributed by atoms with Crippen LogP contribution in [0.1, 0.15) is 113 Å². The summed E-state index contributed by atoms with van der Waals surface area (Å²) in [6.45, 7) is 19.2. The van der Waals surface area contributed by atoms with Crippen molar-refractivity contribution in [1.29, 1.82) is 0 Å². The second-order valence-electron chi connectivity index (χ2n) is 9.15. The van der Waals surface area contributed by atoms with Crippen LogP contribution in [-0.4, -0.2) is 22.5 Å². The van der Waals surface area contributed by atoms with Gasteiger partial charge in [-0.15, -0.1) is 0 Å². The SMILES string of the molecule is CCCCC(C)SS(CCCC(C)C)(SCCC(C)CC)SCC(C)CCC. The monoisotopic (exact) mass is 468 g/mol. The Hall–Kier alpha value is 1.40. The first-order valence-corrected chi connectivity index (χ1v) is 18.3. The van der Waals surface area contributed by atoms with Crippen molar-refractivity contribution in [3.05, 3.63) is 0 Å². The van der Waals surface area contributed by atoms with Crippen molar-refractivity contribution in [2.45, 2.75) is 118 Å². The van der Waals surface area contributed by atoms with E-state index in [2.05, 4.69) is 87.8 Å². The fraction of sp³-hybridized carbons (Fsp3) is 1.00. The average molecular weight is 469 g/mol. The summed E-state index contributed by atoms with van der Waals surface area (Å²) in [5.74, 6) is 6.79. The summed E-state index contributed by atoms with van der Waals surface area (Å²) < 4.78 is 0. The Morgan fingerprint density at radius 3 is 2.00 bits per heavy atom. The molecule has 0 radical (unpaired) electrons. The van der Waals surface area contributed by atoms with Crippen LogP contribution in [0.2, 0.25) is 0 Å². The van der Waals surface area contributed by atoms with Gasteiger partial charge in [-0.05, 0) is 37.0 Å². The van der Waals surface area contributed by atoms with Gasteiger partial charge in [0.2, 0.25) is 0 Å². The molecule has 0 saturated heterocycles. The summed E-state index contributed by atoms with van der Waals surface area (Å²) in [6, 6.07) is 0. The van der Waals surface area contributed by atoms with Gasteiger partial charge in [0.05, 0.1) is 0 Å². The standard InChI is InChI=1S/C24H52S4/c1-9-12-16-24(8)27-28(19-13-15-21(4)5,25-18-17-22(6)11-3)26-20-23(7)14-10-2/h21-24H,9-20H2,1-8H3. The van der Waals surface area contributed by atoms with Crippen molar-refractivity contribution in [2.75, 3.05) is 17.3 Å². The average Bonchev–Trinajstić information content (AvgIpc) is 2.64. The summed E-state index contributed by atoms with van der Waals surface area (Å²) >= 11 is 0. The highest BCUT2D eigenvalue weighted by atomic mass is 33.8. The molecule has 0 N–H and O–H groups in total. The zero-order valence-corrected chi connectivity index (χ0v) is 23.7. The first-order valence-electron chi connectivity index (χ1n) is 12.1.